The maximum atomic E-state index is 11.0. The van der Waals surface area contributed by atoms with Gasteiger partial charge in [-0.2, -0.15) is 0 Å². The number of pyridine rings is 1. The summed E-state index contributed by atoms with van der Waals surface area (Å²) in [5.74, 6) is -0.452. The molecule has 0 unspecified atom stereocenters. The molecule has 1 aromatic rings. The van der Waals surface area contributed by atoms with E-state index < -0.39 is 12.0 Å². The van der Waals surface area contributed by atoms with Gasteiger partial charge in [0.15, 0.2) is 0 Å². The van der Waals surface area contributed by atoms with Crippen LogP contribution in [0.2, 0.25) is 5.15 Å². The predicted octanol–water partition coefficient (Wildman–Crippen LogP) is 0.778. The molecule has 0 saturated carbocycles. The average Bonchev–Trinajstić information content (AvgIpc) is 2.16. The van der Waals surface area contributed by atoms with Gasteiger partial charge in [0.05, 0.1) is 7.11 Å². The van der Waals surface area contributed by atoms with Crippen LogP contribution < -0.4 is 5.73 Å². The first kappa shape index (κ1) is 10.9. The summed E-state index contributed by atoms with van der Waals surface area (Å²) in [7, 11) is 1.30. The lowest BCUT2D eigenvalue weighted by Gasteiger charge is -2.08. The number of rotatable bonds is 3. The minimum atomic E-state index is -0.689. The van der Waals surface area contributed by atoms with Gasteiger partial charge in [0.1, 0.15) is 11.2 Å². The molecule has 0 aliphatic rings. The Hall–Kier alpha value is -1.13. The smallest absolute Gasteiger partial charge is 0.323 e. The lowest BCUT2D eigenvalue weighted by atomic mass is 10.1. The Morgan fingerprint density at radius 2 is 2.43 bits per heavy atom. The monoisotopic (exact) mass is 214 g/mol. The Bertz CT molecular complexity index is 330. The van der Waals surface area contributed by atoms with Gasteiger partial charge in [0.25, 0.3) is 0 Å². The van der Waals surface area contributed by atoms with Crippen molar-refractivity contribution >= 4 is 17.6 Å². The molecule has 2 N–H and O–H groups in total. The Kier molecular flexibility index (Phi) is 3.85. The third-order valence-electron chi connectivity index (χ3n) is 1.71. The van der Waals surface area contributed by atoms with E-state index in [2.05, 4.69) is 9.72 Å². The molecule has 1 heterocycles. The van der Waals surface area contributed by atoms with Crippen LogP contribution in [0.15, 0.2) is 18.2 Å². The van der Waals surface area contributed by atoms with Crippen molar-refractivity contribution in [3.05, 3.63) is 29.0 Å². The van der Waals surface area contributed by atoms with Crippen molar-refractivity contribution < 1.29 is 9.53 Å². The van der Waals surface area contributed by atoms with Gasteiger partial charge >= 0.3 is 5.97 Å². The third kappa shape index (κ3) is 2.97. The highest BCUT2D eigenvalue weighted by Crippen LogP contribution is 2.06. The van der Waals surface area contributed by atoms with Crippen LogP contribution >= 0.6 is 11.6 Å². The first-order valence-corrected chi connectivity index (χ1v) is 4.46. The van der Waals surface area contributed by atoms with Crippen LogP contribution in [0.3, 0.4) is 0 Å². The number of halogens is 1. The van der Waals surface area contributed by atoms with E-state index in [1.165, 1.54) is 7.11 Å². The van der Waals surface area contributed by atoms with Crippen LogP contribution in [0.4, 0.5) is 0 Å². The fourth-order valence-electron chi connectivity index (χ4n) is 1.02. The van der Waals surface area contributed by atoms with Gasteiger partial charge < -0.3 is 10.5 Å². The molecule has 0 radical (unpaired) electrons. The molecule has 0 spiro atoms. The second-order valence-corrected chi connectivity index (χ2v) is 3.17. The molecule has 4 nitrogen and oxygen atoms in total. The van der Waals surface area contributed by atoms with Crippen LogP contribution in [0, 0.1) is 0 Å². The average molecular weight is 215 g/mol. The molecule has 14 heavy (non-hydrogen) atoms. The summed E-state index contributed by atoms with van der Waals surface area (Å²) in [6.45, 7) is 0. The summed E-state index contributed by atoms with van der Waals surface area (Å²) in [6, 6.07) is 4.49. The maximum absolute atomic E-state index is 11.0. The predicted molar refractivity (Wildman–Crippen MR) is 52.9 cm³/mol. The summed E-state index contributed by atoms with van der Waals surface area (Å²) in [5.41, 5.74) is 6.23. The largest absolute Gasteiger partial charge is 0.468 e. The van der Waals surface area contributed by atoms with Crippen molar-refractivity contribution in [2.75, 3.05) is 7.11 Å². The second-order valence-electron chi connectivity index (χ2n) is 2.79. The lowest BCUT2D eigenvalue weighted by molar-refractivity contribution is -0.142. The zero-order valence-electron chi connectivity index (χ0n) is 7.74. The number of nitrogens with two attached hydrogens (primary N) is 1. The van der Waals surface area contributed by atoms with Gasteiger partial charge in [0.2, 0.25) is 0 Å². The summed E-state index contributed by atoms with van der Waals surface area (Å²) in [4.78, 5) is 15.0. The van der Waals surface area contributed by atoms with E-state index in [-0.39, 0.29) is 0 Å². The molecular weight excluding hydrogens is 204 g/mol. The number of aromatic nitrogens is 1. The molecule has 0 fully saturated rings. The fraction of sp³-hybridized carbons (Fsp3) is 0.333. The van der Waals surface area contributed by atoms with Gasteiger partial charge in [-0.15, -0.1) is 0 Å². The van der Waals surface area contributed by atoms with Crippen molar-refractivity contribution in [1.82, 2.24) is 4.98 Å². The molecule has 0 aliphatic heterocycles. The molecule has 5 heteroatoms. The quantitative estimate of drug-likeness (QED) is 0.597. The Morgan fingerprint density at radius 3 is 3.00 bits per heavy atom. The van der Waals surface area contributed by atoms with Crippen LogP contribution in [0.25, 0.3) is 0 Å². The van der Waals surface area contributed by atoms with E-state index in [1.54, 1.807) is 18.2 Å². The van der Waals surface area contributed by atoms with Crippen LogP contribution in [0.1, 0.15) is 5.69 Å². The zero-order valence-corrected chi connectivity index (χ0v) is 8.49. The molecule has 0 aliphatic carbocycles. The van der Waals surface area contributed by atoms with Crippen LogP contribution in [-0.4, -0.2) is 24.1 Å². The normalized spacial score (nSPS) is 12.2. The SMILES string of the molecule is COC(=O)[C@H](N)Cc1cccc(Cl)n1. The van der Waals surface area contributed by atoms with E-state index in [9.17, 15) is 4.79 Å². The molecule has 0 aromatic carbocycles. The molecule has 1 aromatic heterocycles. The van der Waals surface area contributed by atoms with E-state index in [4.69, 9.17) is 17.3 Å². The van der Waals surface area contributed by atoms with Gasteiger partial charge in [0, 0.05) is 12.1 Å². The van der Waals surface area contributed by atoms with Crippen LogP contribution in [-0.2, 0) is 16.0 Å². The zero-order chi connectivity index (χ0) is 10.6. The molecule has 0 saturated heterocycles. The third-order valence-corrected chi connectivity index (χ3v) is 1.92. The van der Waals surface area contributed by atoms with Gasteiger partial charge in [-0.25, -0.2) is 4.98 Å². The number of ether oxygens (including phenoxy) is 1. The van der Waals surface area contributed by atoms with E-state index >= 15 is 0 Å². The van der Waals surface area contributed by atoms with Crippen molar-refractivity contribution in [3.63, 3.8) is 0 Å². The number of nitrogens with zero attached hydrogens (tertiary/aromatic N) is 1. The minimum Gasteiger partial charge on any atom is -0.468 e. The highest BCUT2D eigenvalue weighted by molar-refractivity contribution is 6.29. The van der Waals surface area contributed by atoms with Crippen molar-refractivity contribution in [1.29, 1.82) is 0 Å². The molecule has 1 rings (SSSR count). The Labute approximate surface area is 87.0 Å². The summed E-state index contributed by atoms with van der Waals surface area (Å²) < 4.78 is 4.49. The fourth-order valence-corrected chi connectivity index (χ4v) is 1.21. The highest BCUT2D eigenvalue weighted by atomic mass is 35.5. The number of hydrogen-bond donors (Lipinski definition) is 1. The Morgan fingerprint density at radius 1 is 1.71 bits per heavy atom. The minimum absolute atomic E-state index is 0.327. The number of carbonyl (C=O) groups is 1. The second kappa shape index (κ2) is 4.93. The lowest BCUT2D eigenvalue weighted by Crippen LogP contribution is -2.33. The maximum Gasteiger partial charge on any atom is 0.323 e. The number of carbonyl (C=O) groups excluding carboxylic acids is 1. The molecule has 1 atom stereocenters. The first-order valence-electron chi connectivity index (χ1n) is 4.08. The van der Waals surface area contributed by atoms with Crippen molar-refractivity contribution in [2.45, 2.75) is 12.5 Å². The summed E-state index contributed by atoms with van der Waals surface area (Å²) in [6.07, 6.45) is 0.327. The Balaban J connectivity index is 2.64. The number of methoxy groups -OCH3 is 1. The first-order chi connectivity index (χ1) is 6.63. The van der Waals surface area contributed by atoms with Gasteiger partial charge in [-0.05, 0) is 12.1 Å². The van der Waals surface area contributed by atoms with Crippen molar-refractivity contribution in [2.24, 2.45) is 5.73 Å². The molecule has 0 amide bonds. The molecule has 76 valence electrons. The highest BCUT2D eigenvalue weighted by Gasteiger charge is 2.14. The van der Waals surface area contributed by atoms with Gasteiger partial charge in [-0.1, -0.05) is 17.7 Å². The molecule has 0 bridgehead atoms. The van der Waals surface area contributed by atoms with E-state index in [0.717, 1.165) is 0 Å². The van der Waals surface area contributed by atoms with E-state index in [1.807, 2.05) is 0 Å². The van der Waals surface area contributed by atoms with E-state index in [0.29, 0.717) is 17.3 Å². The topological polar surface area (TPSA) is 65.2 Å². The molecular formula is C9H11ClN2O2. The number of hydrogen-bond acceptors (Lipinski definition) is 4. The van der Waals surface area contributed by atoms with Crippen molar-refractivity contribution in [3.8, 4) is 0 Å². The number of esters is 1. The summed E-state index contributed by atoms with van der Waals surface area (Å²) in [5, 5.41) is 0.388. The van der Waals surface area contributed by atoms with Gasteiger partial charge in [-0.3, -0.25) is 4.79 Å². The summed E-state index contributed by atoms with van der Waals surface area (Å²) >= 11 is 5.67. The van der Waals surface area contributed by atoms with Crippen LogP contribution in [0.5, 0.6) is 0 Å². The standard InChI is InChI=1S/C9H11ClN2O2/c1-14-9(13)7(11)5-6-3-2-4-8(10)12-6/h2-4,7H,5,11H2,1H3/t7-/m1/s1.